The number of ether oxygens (including phenoxy) is 1. The minimum atomic E-state index is -0.581. The normalized spacial score (nSPS) is 15.3. The first-order valence-corrected chi connectivity index (χ1v) is 7.44. The van der Waals surface area contributed by atoms with E-state index in [1.807, 2.05) is 32.9 Å². The topological polar surface area (TPSA) is 53.3 Å². The predicted octanol–water partition coefficient (Wildman–Crippen LogP) is 3.83. The molecule has 2 aromatic carbocycles. The summed E-state index contributed by atoms with van der Waals surface area (Å²) in [5.74, 6) is 0.487. The molecule has 2 aromatic rings. The third-order valence-corrected chi connectivity index (χ3v) is 4.37. The summed E-state index contributed by atoms with van der Waals surface area (Å²) in [5, 5.41) is 9.12. The molecule has 23 heavy (non-hydrogen) atoms. The summed E-state index contributed by atoms with van der Waals surface area (Å²) >= 11 is 0. The zero-order valence-electron chi connectivity index (χ0n) is 13.7. The van der Waals surface area contributed by atoms with Crippen LogP contribution in [0.1, 0.15) is 30.5 Å². The molecule has 4 nitrogen and oxygen atoms in total. The van der Waals surface area contributed by atoms with Crippen molar-refractivity contribution >= 4 is 17.3 Å². The second kappa shape index (κ2) is 5.13. The SMILES string of the molecule is COc1cc(N2C(=O)C(C)(C)c3cc(C)ccc32)ccc1C#N. The van der Waals surface area contributed by atoms with E-state index in [0.29, 0.717) is 17.0 Å². The van der Waals surface area contributed by atoms with Gasteiger partial charge in [0.2, 0.25) is 5.91 Å². The molecular formula is C19H18N2O2. The monoisotopic (exact) mass is 306 g/mol. The van der Waals surface area contributed by atoms with E-state index in [4.69, 9.17) is 10.00 Å². The van der Waals surface area contributed by atoms with Crippen molar-refractivity contribution in [1.82, 2.24) is 0 Å². The van der Waals surface area contributed by atoms with Crippen molar-refractivity contribution in [2.45, 2.75) is 26.2 Å². The number of anilines is 2. The average molecular weight is 306 g/mol. The molecule has 0 atom stereocenters. The van der Waals surface area contributed by atoms with Gasteiger partial charge in [-0.15, -0.1) is 0 Å². The number of nitrogens with zero attached hydrogens (tertiary/aromatic N) is 2. The standard InChI is InChI=1S/C19H18N2O2/c1-12-5-8-16-15(9-12)19(2,3)18(22)21(16)14-7-6-13(11-20)17(10-14)23-4/h5-10H,1-4H3. The molecule has 1 heterocycles. The number of rotatable bonds is 2. The number of benzene rings is 2. The lowest BCUT2D eigenvalue weighted by Gasteiger charge is -2.21. The molecule has 0 fully saturated rings. The van der Waals surface area contributed by atoms with Gasteiger partial charge in [-0.1, -0.05) is 17.7 Å². The van der Waals surface area contributed by atoms with Crippen LogP contribution in [0.4, 0.5) is 11.4 Å². The van der Waals surface area contributed by atoms with Crippen LogP contribution in [-0.2, 0) is 10.2 Å². The Morgan fingerprint density at radius 3 is 2.57 bits per heavy atom. The number of nitriles is 1. The molecule has 3 rings (SSSR count). The summed E-state index contributed by atoms with van der Waals surface area (Å²) in [6.07, 6.45) is 0. The Balaban J connectivity index is 2.19. The van der Waals surface area contributed by atoms with Gasteiger partial charge in [-0.05, 0) is 44.5 Å². The molecule has 0 saturated carbocycles. The van der Waals surface area contributed by atoms with Gasteiger partial charge in [0, 0.05) is 6.07 Å². The Kier molecular flexibility index (Phi) is 3.37. The summed E-state index contributed by atoms with van der Waals surface area (Å²) in [6, 6.07) is 13.3. The Hall–Kier alpha value is -2.80. The van der Waals surface area contributed by atoms with Crippen molar-refractivity contribution in [2.75, 3.05) is 12.0 Å². The van der Waals surface area contributed by atoms with Crippen molar-refractivity contribution in [3.8, 4) is 11.8 Å². The maximum absolute atomic E-state index is 13.0. The Morgan fingerprint density at radius 2 is 1.91 bits per heavy atom. The van der Waals surface area contributed by atoms with Gasteiger partial charge in [0.15, 0.2) is 0 Å². The summed E-state index contributed by atoms with van der Waals surface area (Å²) in [5.41, 5.74) is 3.61. The predicted molar refractivity (Wildman–Crippen MR) is 89.1 cm³/mol. The van der Waals surface area contributed by atoms with Crippen molar-refractivity contribution in [3.63, 3.8) is 0 Å². The maximum atomic E-state index is 13.0. The fourth-order valence-electron chi connectivity index (χ4n) is 3.02. The third-order valence-electron chi connectivity index (χ3n) is 4.37. The molecule has 0 bridgehead atoms. The maximum Gasteiger partial charge on any atom is 0.241 e. The zero-order valence-corrected chi connectivity index (χ0v) is 13.7. The van der Waals surface area contributed by atoms with Gasteiger partial charge in [0.1, 0.15) is 11.8 Å². The molecule has 0 N–H and O–H groups in total. The highest BCUT2D eigenvalue weighted by atomic mass is 16.5. The largest absolute Gasteiger partial charge is 0.495 e. The first kappa shape index (κ1) is 15.1. The fraction of sp³-hybridized carbons (Fsp3) is 0.263. The Morgan fingerprint density at radius 1 is 1.17 bits per heavy atom. The van der Waals surface area contributed by atoms with Gasteiger partial charge in [-0.2, -0.15) is 5.26 Å². The van der Waals surface area contributed by atoms with Gasteiger partial charge in [0.05, 0.1) is 29.5 Å². The number of fused-ring (bicyclic) bond motifs is 1. The molecule has 116 valence electrons. The molecule has 1 aliphatic heterocycles. The smallest absolute Gasteiger partial charge is 0.241 e. The second-order valence-electron chi connectivity index (χ2n) is 6.28. The van der Waals surface area contributed by atoms with Crippen molar-refractivity contribution < 1.29 is 9.53 Å². The number of hydrogen-bond donors (Lipinski definition) is 0. The molecule has 0 spiro atoms. The molecule has 0 aromatic heterocycles. The summed E-state index contributed by atoms with van der Waals surface area (Å²) in [7, 11) is 1.52. The van der Waals surface area contributed by atoms with Crippen molar-refractivity contribution in [2.24, 2.45) is 0 Å². The van der Waals surface area contributed by atoms with E-state index in [9.17, 15) is 4.79 Å². The Bertz CT molecular complexity index is 847. The minimum absolute atomic E-state index is 0.0184. The van der Waals surface area contributed by atoms with Gasteiger partial charge in [0.25, 0.3) is 0 Å². The van der Waals surface area contributed by atoms with Crippen molar-refractivity contribution in [1.29, 1.82) is 5.26 Å². The molecule has 0 aliphatic carbocycles. The highest BCUT2D eigenvalue weighted by Crippen LogP contribution is 2.46. The number of carbonyl (C=O) groups excluding carboxylic acids is 1. The fourth-order valence-corrected chi connectivity index (χ4v) is 3.02. The lowest BCUT2D eigenvalue weighted by atomic mass is 9.85. The number of methoxy groups -OCH3 is 1. The first-order valence-electron chi connectivity index (χ1n) is 7.44. The van der Waals surface area contributed by atoms with E-state index in [-0.39, 0.29) is 5.91 Å². The number of amides is 1. The van der Waals surface area contributed by atoms with Gasteiger partial charge < -0.3 is 4.74 Å². The minimum Gasteiger partial charge on any atom is -0.495 e. The lowest BCUT2D eigenvalue weighted by molar-refractivity contribution is -0.121. The van der Waals surface area contributed by atoms with Crippen molar-refractivity contribution in [3.05, 3.63) is 53.1 Å². The van der Waals surface area contributed by atoms with E-state index in [0.717, 1.165) is 16.8 Å². The quantitative estimate of drug-likeness (QED) is 0.847. The van der Waals surface area contributed by atoms with Gasteiger partial charge in [-0.25, -0.2) is 0 Å². The average Bonchev–Trinajstić information content (AvgIpc) is 2.74. The lowest BCUT2D eigenvalue weighted by Crippen LogP contribution is -2.33. The highest BCUT2D eigenvalue weighted by Gasteiger charge is 2.44. The number of hydrogen-bond acceptors (Lipinski definition) is 3. The highest BCUT2D eigenvalue weighted by molar-refractivity contribution is 6.12. The number of carbonyl (C=O) groups is 1. The zero-order chi connectivity index (χ0) is 16.8. The van der Waals surface area contributed by atoms with Crippen LogP contribution in [0.25, 0.3) is 0 Å². The van der Waals surface area contributed by atoms with Crippen LogP contribution in [-0.4, -0.2) is 13.0 Å². The van der Waals surface area contributed by atoms with Crippen LogP contribution in [0.5, 0.6) is 5.75 Å². The second-order valence-corrected chi connectivity index (χ2v) is 6.28. The summed E-state index contributed by atoms with van der Waals surface area (Å²) in [6.45, 7) is 5.90. The summed E-state index contributed by atoms with van der Waals surface area (Å²) in [4.78, 5) is 14.7. The third kappa shape index (κ3) is 2.17. The van der Waals surface area contributed by atoms with Crippen LogP contribution >= 0.6 is 0 Å². The molecule has 1 aliphatic rings. The molecular weight excluding hydrogens is 288 g/mol. The molecule has 0 radical (unpaired) electrons. The molecule has 4 heteroatoms. The van der Waals surface area contributed by atoms with E-state index in [2.05, 4.69) is 12.1 Å². The molecule has 0 unspecified atom stereocenters. The van der Waals surface area contributed by atoms with E-state index in [1.165, 1.54) is 7.11 Å². The summed E-state index contributed by atoms with van der Waals surface area (Å²) < 4.78 is 5.27. The van der Waals surface area contributed by atoms with Crippen LogP contribution in [0.2, 0.25) is 0 Å². The Labute approximate surface area is 135 Å². The van der Waals surface area contributed by atoms with Gasteiger partial charge >= 0.3 is 0 Å². The van der Waals surface area contributed by atoms with Gasteiger partial charge in [-0.3, -0.25) is 9.69 Å². The molecule has 1 amide bonds. The van der Waals surface area contributed by atoms with E-state index in [1.54, 1.807) is 23.1 Å². The number of aryl methyl sites for hydroxylation is 1. The van der Waals surface area contributed by atoms with Crippen LogP contribution in [0.3, 0.4) is 0 Å². The molecule has 0 saturated heterocycles. The van der Waals surface area contributed by atoms with Crippen LogP contribution < -0.4 is 9.64 Å². The van der Waals surface area contributed by atoms with E-state index >= 15 is 0 Å². The first-order chi connectivity index (χ1) is 10.9. The van der Waals surface area contributed by atoms with Crippen LogP contribution in [0.15, 0.2) is 36.4 Å². The van der Waals surface area contributed by atoms with Crippen LogP contribution in [0, 0.1) is 18.3 Å². The van der Waals surface area contributed by atoms with E-state index < -0.39 is 5.41 Å².